The molecule has 3 nitrogen and oxygen atoms in total. The quantitative estimate of drug-likeness (QED) is 0.517. The van der Waals surface area contributed by atoms with Crippen LogP contribution in [0.2, 0.25) is 0 Å². The van der Waals surface area contributed by atoms with E-state index in [9.17, 15) is 4.79 Å². The lowest BCUT2D eigenvalue weighted by molar-refractivity contribution is 0.103. The highest BCUT2D eigenvalue weighted by atomic mass is 79.9. The summed E-state index contributed by atoms with van der Waals surface area (Å²) < 4.78 is 12.1. The Morgan fingerprint density at radius 1 is 1.05 bits per heavy atom. The highest BCUT2D eigenvalue weighted by molar-refractivity contribution is 9.10. The third-order valence-corrected chi connectivity index (χ3v) is 3.94. The highest BCUT2D eigenvalue weighted by Gasteiger charge is 2.12. The van der Waals surface area contributed by atoms with E-state index in [-0.39, 0.29) is 5.78 Å². The molecule has 0 N–H and O–H groups in total. The maximum absolute atomic E-state index is 12.4. The van der Waals surface area contributed by atoms with Crippen LogP contribution in [0.3, 0.4) is 0 Å². The van der Waals surface area contributed by atoms with Crippen molar-refractivity contribution in [1.82, 2.24) is 0 Å². The van der Waals surface area contributed by atoms with E-state index in [4.69, 9.17) is 9.47 Å². The van der Waals surface area contributed by atoms with E-state index >= 15 is 0 Å². The topological polar surface area (TPSA) is 35.5 Å². The highest BCUT2D eigenvalue weighted by Crippen LogP contribution is 2.27. The van der Waals surface area contributed by atoms with Crippen LogP contribution in [0.15, 0.2) is 51.4 Å². The van der Waals surface area contributed by atoms with Crippen LogP contribution in [-0.2, 0) is 4.74 Å². The van der Waals surface area contributed by atoms with Gasteiger partial charge < -0.3 is 9.47 Å². The monoisotopic (exact) mass is 412 g/mol. The van der Waals surface area contributed by atoms with Crippen molar-refractivity contribution in [3.05, 3.63) is 62.5 Å². The largest absolute Gasteiger partial charge is 0.490 e. The molecule has 0 heterocycles. The first-order valence-corrected chi connectivity index (χ1v) is 7.92. The minimum atomic E-state index is -0.0274. The number of ether oxygens (including phenoxy) is 2. The molecule has 0 aromatic heterocycles. The molecule has 0 spiro atoms. The SMILES string of the molecule is COCCOc1ccc(C(=O)c2cccc(Br)c2)cc1Br. The number of hydrogen-bond donors (Lipinski definition) is 0. The number of halogens is 2. The standard InChI is InChI=1S/C16H14Br2O3/c1-20-7-8-21-15-6-5-12(10-14(15)18)16(19)11-3-2-4-13(17)9-11/h2-6,9-10H,7-8H2,1H3. The Bertz CT molecular complexity index is 641. The Morgan fingerprint density at radius 3 is 2.48 bits per heavy atom. The number of carbonyl (C=O) groups is 1. The van der Waals surface area contributed by atoms with Crippen molar-refractivity contribution in [2.45, 2.75) is 0 Å². The third kappa shape index (κ3) is 4.40. The van der Waals surface area contributed by atoms with Crippen LogP contribution < -0.4 is 4.74 Å². The summed E-state index contributed by atoms with van der Waals surface area (Å²) in [6.07, 6.45) is 0. The summed E-state index contributed by atoms with van der Waals surface area (Å²) in [5, 5.41) is 0. The molecule has 2 aromatic rings. The molecule has 0 saturated heterocycles. The molecular formula is C16H14Br2O3. The number of carbonyl (C=O) groups excluding carboxylic acids is 1. The minimum absolute atomic E-state index is 0.0274. The Labute approximate surface area is 140 Å². The van der Waals surface area contributed by atoms with Crippen molar-refractivity contribution in [3.8, 4) is 5.75 Å². The van der Waals surface area contributed by atoms with E-state index in [1.807, 2.05) is 12.1 Å². The van der Waals surface area contributed by atoms with Crippen LogP contribution >= 0.6 is 31.9 Å². The number of methoxy groups -OCH3 is 1. The first kappa shape index (κ1) is 16.2. The number of benzene rings is 2. The Balaban J connectivity index is 2.17. The van der Waals surface area contributed by atoms with Crippen LogP contribution in [0.25, 0.3) is 0 Å². The van der Waals surface area contributed by atoms with Crippen molar-refractivity contribution >= 4 is 37.6 Å². The van der Waals surface area contributed by atoms with Gasteiger partial charge in [-0.15, -0.1) is 0 Å². The molecule has 0 aliphatic rings. The predicted octanol–water partition coefficient (Wildman–Crippen LogP) is 4.47. The van der Waals surface area contributed by atoms with Gasteiger partial charge in [0.25, 0.3) is 0 Å². The maximum atomic E-state index is 12.4. The number of hydrogen-bond acceptors (Lipinski definition) is 3. The number of ketones is 1. The summed E-state index contributed by atoms with van der Waals surface area (Å²) in [6.45, 7) is 0.985. The molecular weight excluding hydrogens is 400 g/mol. The van der Waals surface area contributed by atoms with Crippen molar-refractivity contribution in [3.63, 3.8) is 0 Å². The lowest BCUT2D eigenvalue weighted by Gasteiger charge is -2.09. The van der Waals surface area contributed by atoms with Gasteiger partial charge in [0.2, 0.25) is 0 Å². The molecule has 0 aliphatic heterocycles. The molecule has 0 unspecified atom stereocenters. The van der Waals surface area contributed by atoms with Crippen molar-refractivity contribution in [2.75, 3.05) is 20.3 Å². The molecule has 0 atom stereocenters. The normalized spacial score (nSPS) is 10.4. The summed E-state index contributed by atoms with van der Waals surface area (Å²) in [5.74, 6) is 0.665. The van der Waals surface area contributed by atoms with Gasteiger partial charge in [0.05, 0.1) is 11.1 Å². The van der Waals surface area contributed by atoms with Gasteiger partial charge in [-0.25, -0.2) is 0 Å². The fraction of sp³-hybridized carbons (Fsp3) is 0.188. The van der Waals surface area contributed by atoms with E-state index in [0.717, 1.165) is 8.95 Å². The summed E-state index contributed by atoms with van der Waals surface area (Å²) in [4.78, 5) is 12.4. The van der Waals surface area contributed by atoms with Gasteiger partial charge in [-0.1, -0.05) is 28.1 Å². The third-order valence-electron chi connectivity index (χ3n) is 2.83. The van der Waals surface area contributed by atoms with E-state index in [2.05, 4.69) is 31.9 Å². The molecule has 0 amide bonds. The van der Waals surface area contributed by atoms with Crippen molar-refractivity contribution in [1.29, 1.82) is 0 Å². The molecule has 0 fully saturated rings. The van der Waals surface area contributed by atoms with E-state index < -0.39 is 0 Å². The average Bonchev–Trinajstić information content (AvgIpc) is 2.48. The van der Waals surface area contributed by atoms with Crippen LogP contribution in [0.5, 0.6) is 5.75 Å². The molecule has 0 radical (unpaired) electrons. The molecule has 110 valence electrons. The molecule has 2 rings (SSSR count). The van der Waals surface area contributed by atoms with Gasteiger partial charge in [-0.3, -0.25) is 4.79 Å². The van der Waals surface area contributed by atoms with E-state index in [0.29, 0.717) is 30.1 Å². The fourth-order valence-corrected chi connectivity index (χ4v) is 2.68. The zero-order chi connectivity index (χ0) is 15.2. The second-order valence-corrected chi connectivity index (χ2v) is 6.10. The summed E-state index contributed by atoms with van der Waals surface area (Å²) in [5.41, 5.74) is 1.25. The average molecular weight is 414 g/mol. The zero-order valence-corrected chi connectivity index (χ0v) is 14.6. The lowest BCUT2D eigenvalue weighted by Crippen LogP contribution is -2.06. The van der Waals surface area contributed by atoms with Crippen LogP contribution in [-0.4, -0.2) is 26.1 Å². The smallest absolute Gasteiger partial charge is 0.193 e. The fourth-order valence-electron chi connectivity index (χ4n) is 1.79. The first-order valence-electron chi connectivity index (χ1n) is 6.33. The van der Waals surface area contributed by atoms with Crippen LogP contribution in [0.4, 0.5) is 0 Å². The Kier molecular flexibility index (Phi) is 5.96. The van der Waals surface area contributed by atoms with Crippen molar-refractivity contribution in [2.24, 2.45) is 0 Å². The predicted molar refractivity (Wildman–Crippen MR) is 89.1 cm³/mol. The second-order valence-electron chi connectivity index (χ2n) is 4.33. The summed E-state index contributed by atoms with van der Waals surface area (Å²) in [7, 11) is 1.62. The van der Waals surface area contributed by atoms with Crippen LogP contribution in [0, 0.1) is 0 Å². The molecule has 2 aromatic carbocycles. The Hall–Kier alpha value is -1.17. The zero-order valence-electron chi connectivity index (χ0n) is 11.4. The molecule has 21 heavy (non-hydrogen) atoms. The van der Waals surface area contributed by atoms with Gasteiger partial charge in [0.15, 0.2) is 5.78 Å². The van der Waals surface area contributed by atoms with Gasteiger partial charge in [0, 0.05) is 22.7 Å². The molecule has 5 heteroatoms. The van der Waals surface area contributed by atoms with Crippen LogP contribution in [0.1, 0.15) is 15.9 Å². The minimum Gasteiger partial charge on any atom is -0.490 e. The Morgan fingerprint density at radius 2 is 1.81 bits per heavy atom. The number of rotatable bonds is 6. The van der Waals surface area contributed by atoms with E-state index in [1.54, 1.807) is 37.4 Å². The molecule has 0 aliphatic carbocycles. The second kappa shape index (κ2) is 7.73. The van der Waals surface area contributed by atoms with Gasteiger partial charge in [-0.05, 0) is 46.3 Å². The summed E-state index contributed by atoms with van der Waals surface area (Å²) >= 11 is 6.80. The van der Waals surface area contributed by atoms with E-state index in [1.165, 1.54) is 0 Å². The maximum Gasteiger partial charge on any atom is 0.193 e. The molecule has 0 saturated carbocycles. The van der Waals surface area contributed by atoms with Gasteiger partial charge in [0.1, 0.15) is 12.4 Å². The van der Waals surface area contributed by atoms with Gasteiger partial charge >= 0.3 is 0 Å². The van der Waals surface area contributed by atoms with Gasteiger partial charge in [-0.2, -0.15) is 0 Å². The summed E-state index contributed by atoms with van der Waals surface area (Å²) in [6, 6.07) is 12.6. The first-order chi connectivity index (χ1) is 10.1. The molecule has 0 bridgehead atoms. The van der Waals surface area contributed by atoms with Crippen molar-refractivity contribution < 1.29 is 14.3 Å². The lowest BCUT2D eigenvalue weighted by atomic mass is 10.0.